The number of nitrogens with zero attached hydrogens (tertiary/aromatic N) is 3. The number of anilines is 1. The van der Waals surface area contributed by atoms with Gasteiger partial charge in [-0.1, -0.05) is 6.92 Å². The lowest BCUT2D eigenvalue weighted by atomic mass is 10.2. The van der Waals surface area contributed by atoms with E-state index in [4.69, 9.17) is 5.73 Å². The van der Waals surface area contributed by atoms with Gasteiger partial charge in [-0.3, -0.25) is 4.98 Å². The molecule has 1 aromatic heterocycles. The number of hydrogen-bond acceptors (Lipinski definition) is 5. The maximum absolute atomic E-state index is 5.59. The van der Waals surface area contributed by atoms with Crippen molar-refractivity contribution in [3.8, 4) is 0 Å². The average Bonchev–Trinajstić information content (AvgIpc) is 2.33. The summed E-state index contributed by atoms with van der Waals surface area (Å²) in [5.74, 6) is 2.11. The number of aromatic nitrogens is 2. The molecule has 0 radical (unpaired) electrons. The maximum atomic E-state index is 5.59. The molecule has 2 atom stereocenters. The lowest BCUT2D eigenvalue weighted by Gasteiger charge is -2.38. The van der Waals surface area contributed by atoms with Crippen molar-refractivity contribution in [2.24, 2.45) is 5.73 Å². The van der Waals surface area contributed by atoms with Crippen LogP contribution in [0.4, 0.5) is 5.82 Å². The second-order valence-corrected chi connectivity index (χ2v) is 5.57. The molecule has 0 saturated carbocycles. The van der Waals surface area contributed by atoms with Gasteiger partial charge in [0.15, 0.2) is 0 Å². The maximum Gasteiger partial charge on any atom is 0.147 e. The number of nitrogens with two attached hydrogens (primary N) is 1. The molecule has 1 aromatic rings. The molecule has 0 amide bonds. The van der Waals surface area contributed by atoms with Gasteiger partial charge in [0.2, 0.25) is 0 Å². The first kappa shape index (κ1) is 11.7. The minimum atomic E-state index is 0.452. The molecule has 0 aromatic carbocycles. The van der Waals surface area contributed by atoms with Gasteiger partial charge in [0, 0.05) is 36.3 Å². The lowest BCUT2D eigenvalue weighted by Crippen LogP contribution is -2.45. The first-order valence-corrected chi connectivity index (χ1v) is 6.66. The standard InChI is InChI=1S/C11H18N4S/c1-8-9(2)16-4-3-15(8)11-7-13-6-10(5-12)14-11/h6-9H,3-5,12H2,1-2H3. The van der Waals surface area contributed by atoms with E-state index in [1.54, 1.807) is 6.20 Å². The molecule has 0 bridgehead atoms. The molecular weight excluding hydrogens is 220 g/mol. The normalized spacial score (nSPS) is 25.8. The Hall–Kier alpha value is -0.810. The molecule has 2 heterocycles. The molecular formula is C11H18N4S. The molecule has 1 saturated heterocycles. The Morgan fingerprint density at radius 2 is 2.31 bits per heavy atom. The first-order valence-electron chi connectivity index (χ1n) is 5.61. The highest BCUT2D eigenvalue weighted by Gasteiger charge is 2.26. The zero-order chi connectivity index (χ0) is 11.5. The van der Waals surface area contributed by atoms with E-state index >= 15 is 0 Å². The number of hydrogen-bond donors (Lipinski definition) is 1. The second-order valence-electron chi connectivity index (χ2n) is 4.08. The molecule has 4 nitrogen and oxygen atoms in total. The Morgan fingerprint density at radius 1 is 1.50 bits per heavy atom. The van der Waals surface area contributed by atoms with Crippen LogP contribution in [-0.4, -0.2) is 33.6 Å². The quantitative estimate of drug-likeness (QED) is 0.841. The van der Waals surface area contributed by atoms with E-state index in [1.165, 1.54) is 0 Å². The Balaban J connectivity index is 2.21. The Kier molecular flexibility index (Phi) is 3.66. The summed E-state index contributed by atoms with van der Waals surface area (Å²) in [7, 11) is 0. The van der Waals surface area contributed by atoms with Gasteiger partial charge >= 0.3 is 0 Å². The van der Waals surface area contributed by atoms with Crippen LogP contribution in [0, 0.1) is 0 Å². The average molecular weight is 238 g/mol. The summed E-state index contributed by atoms with van der Waals surface area (Å²) >= 11 is 2.02. The van der Waals surface area contributed by atoms with Gasteiger partial charge in [-0.25, -0.2) is 4.98 Å². The predicted molar refractivity (Wildman–Crippen MR) is 68.7 cm³/mol. The minimum Gasteiger partial charge on any atom is -0.351 e. The first-order chi connectivity index (χ1) is 7.72. The summed E-state index contributed by atoms with van der Waals surface area (Å²) in [6, 6.07) is 0.501. The van der Waals surface area contributed by atoms with Gasteiger partial charge in [-0.05, 0) is 6.92 Å². The molecule has 0 spiro atoms. The summed E-state index contributed by atoms with van der Waals surface area (Å²) in [5, 5.41) is 0.636. The largest absolute Gasteiger partial charge is 0.351 e. The van der Waals surface area contributed by atoms with Crippen molar-refractivity contribution in [2.45, 2.75) is 31.7 Å². The highest BCUT2D eigenvalue weighted by Crippen LogP contribution is 2.27. The zero-order valence-electron chi connectivity index (χ0n) is 9.76. The van der Waals surface area contributed by atoms with Crippen molar-refractivity contribution >= 4 is 17.6 Å². The third kappa shape index (κ3) is 2.30. The van der Waals surface area contributed by atoms with Crippen molar-refractivity contribution in [3.05, 3.63) is 18.1 Å². The van der Waals surface area contributed by atoms with Gasteiger partial charge in [0.05, 0.1) is 11.9 Å². The monoisotopic (exact) mass is 238 g/mol. The van der Waals surface area contributed by atoms with Crippen LogP contribution < -0.4 is 10.6 Å². The Morgan fingerprint density at radius 3 is 3.06 bits per heavy atom. The summed E-state index contributed by atoms with van der Waals surface area (Å²) < 4.78 is 0. The van der Waals surface area contributed by atoms with Crippen molar-refractivity contribution < 1.29 is 0 Å². The molecule has 16 heavy (non-hydrogen) atoms. The number of rotatable bonds is 2. The topological polar surface area (TPSA) is 55.0 Å². The van der Waals surface area contributed by atoms with Gasteiger partial charge in [0.25, 0.3) is 0 Å². The minimum absolute atomic E-state index is 0.452. The summed E-state index contributed by atoms with van der Waals surface area (Å²) in [6.45, 7) is 6.00. The molecule has 88 valence electrons. The van der Waals surface area contributed by atoms with Crippen LogP contribution in [0.2, 0.25) is 0 Å². The van der Waals surface area contributed by atoms with E-state index < -0.39 is 0 Å². The molecule has 1 aliphatic rings. The van der Waals surface area contributed by atoms with Gasteiger partial charge in [0.1, 0.15) is 5.82 Å². The van der Waals surface area contributed by atoms with Crippen molar-refractivity contribution in [2.75, 3.05) is 17.2 Å². The number of thioether (sulfide) groups is 1. The van der Waals surface area contributed by atoms with Gasteiger partial charge < -0.3 is 10.6 Å². The lowest BCUT2D eigenvalue weighted by molar-refractivity contribution is 0.617. The fourth-order valence-corrected chi connectivity index (χ4v) is 2.99. The highest BCUT2D eigenvalue weighted by atomic mass is 32.2. The van der Waals surface area contributed by atoms with Crippen LogP contribution in [0.3, 0.4) is 0 Å². The van der Waals surface area contributed by atoms with Crippen LogP contribution in [0.1, 0.15) is 19.5 Å². The second kappa shape index (κ2) is 5.01. The van der Waals surface area contributed by atoms with Crippen LogP contribution in [0.5, 0.6) is 0 Å². The molecule has 2 unspecified atom stereocenters. The highest BCUT2D eigenvalue weighted by molar-refractivity contribution is 8.00. The smallest absolute Gasteiger partial charge is 0.147 e. The fourth-order valence-electron chi connectivity index (χ4n) is 1.89. The molecule has 1 aliphatic heterocycles. The fraction of sp³-hybridized carbons (Fsp3) is 0.636. The van der Waals surface area contributed by atoms with Crippen LogP contribution in [0.15, 0.2) is 12.4 Å². The van der Waals surface area contributed by atoms with Gasteiger partial charge in [-0.15, -0.1) is 0 Å². The Labute approximate surface area is 101 Å². The van der Waals surface area contributed by atoms with E-state index in [2.05, 4.69) is 28.7 Å². The van der Waals surface area contributed by atoms with Crippen molar-refractivity contribution in [1.82, 2.24) is 9.97 Å². The van der Waals surface area contributed by atoms with E-state index in [9.17, 15) is 0 Å². The van der Waals surface area contributed by atoms with Gasteiger partial charge in [-0.2, -0.15) is 11.8 Å². The molecule has 2 rings (SSSR count). The van der Waals surface area contributed by atoms with Crippen LogP contribution >= 0.6 is 11.8 Å². The Bertz CT molecular complexity index is 358. The third-order valence-electron chi connectivity index (χ3n) is 3.06. The van der Waals surface area contributed by atoms with E-state index in [1.807, 2.05) is 18.0 Å². The molecule has 2 N–H and O–H groups in total. The zero-order valence-corrected chi connectivity index (χ0v) is 10.6. The van der Waals surface area contributed by atoms with E-state index in [0.717, 1.165) is 23.8 Å². The summed E-state index contributed by atoms with van der Waals surface area (Å²) in [5.41, 5.74) is 6.44. The van der Waals surface area contributed by atoms with E-state index in [-0.39, 0.29) is 0 Å². The van der Waals surface area contributed by atoms with E-state index in [0.29, 0.717) is 17.8 Å². The van der Waals surface area contributed by atoms with Crippen molar-refractivity contribution in [3.63, 3.8) is 0 Å². The van der Waals surface area contributed by atoms with Crippen LogP contribution in [0.25, 0.3) is 0 Å². The van der Waals surface area contributed by atoms with Crippen molar-refractivity contribution in [1.29, 1.82) is 0 Å². The summed E-state index contributed by atoms with van der Waals surface area (Å²) in [6.07, 6.45) is 3.56. The predicted octanol–water partition coefficient (Wildman–Crippen LogP) is 1.27. The summed E-state index contributed by atoms with van der Waals surface area (Å²) in [4.78, 5) is 11.1. The molecule has 5 heteroatoms. The third-order valence-corrected chi connectivity index (χ3v) is 4.40. The molecule has 1 fully saturated rings. The molecule has 0 aliphatic carbocycles. The van der Waals surface area contributed by atoms with Crippen LogP contribution in [-0.2, 0) is 6.54 Å². The SMILES string of the molecule is CC1SCCN(c2cncc(CN)n2)C1C.